The molecule has 1 fully saturated rings. The van der Waals surface area contributed by atoms with E-state index in [4.69, 9.17) is 9.47 Å². The summed E-state index contributed by atoms with van der Waals surface area (Å²) < 4.78 is 10.6. The smallest absolute Gasteiger partial charge is 0.231 e. The summed E-state index contributed by atoms with van der Waals surface area (Å²) in [5.74, 6) is -0.132. The fourth-order valence-corrected chi connectivity index (χ4v) is 3.62. The number of hydrogen-bond acceptors (Lipinski definition) is 5. The van der Waals surface area contributed by atoms with E-state index in [2.05, 4.69) is 12.2 Å². The number of amides is 2. The zero-order valence-electron chi connectivity index (χ0n) is 16.4. The number of nitrogens with zero attached hydrogens (tertiary/aromatic N) is 1. The first kappa shape index (κ1) is 19.0. The molecule has 0 aromatic heterocycles. The van der Waals surface area contributed by atoms with E-state index in [0.29, 0.717) is 29.3 Å². The van der Waals surface area contributed by atoms with Crippen molar-refractivity contribution in [3.05, 3.63) is 47.5 Å². The number of rotatable bonds is 5. The maximum atomic E-state index is 12.8. The molecular formula is C22H22N2O5. The van der Waals surface area contributed by atoms with E-state index in [0.717, 1.165) is 12.1 Å². The van der Waals surface area contributed by atoms with Crippen molar-refractivity contribution in [3.63, 3.8) is 0 Å². The van der Waals surface area contributed by atoms with Crippen LogP contribution < -0.4 is 19.7 Å². The molecule has 150 valence electrons. The van der Waals surface area contributed by atoms with Crippen LogP contribution in [0.5, 0.6) is 11.5 Å². The molecule has 0 spiro atoms. The quantitative estimate of drug-likeness (QED) is 0.788. The number of nitrogens with one attached hydrogen (secondary N) is 1. The molecule has 0 radical (unpaired) electrons. The van der Waals surface area contributed by atoms with Gasteiger partial charge in [-0.15, -0.1) is 0 Å². The third-order valence-electron chi connectivity index (χ3n) is 5.30. The number of Topliss-reactive ketones (excluding diaryl/α,β-unsaturated/α-hetero) is 1. The Balaban J connectivity index is 1.51. The Morgan fingerprint density at radius 1 is 1.14 bits per heavy atom. The Morgan fingerprint density at radius 3 is 2.48 bits per heavy atom. The van der Waals surface area contributed by atoms with Crippen LogP contribution >= 0.6 is 0 Å². The minimum absolute atomic E-state index is 0.0764. The maximum absolute atomic E-state index is 12.8. The molecule has 1 saturated heterocycles. The Hall–Kier alpha value is -3.35. The van der Waals surface area contributed by atoms with Crippen LogP contribution in [0.25, 0.3) is 0 Å². The predicted molar refractivity (Wildman–Crippen MR) is 107 cm³/mol. The lowest BCUT2D eigenvalue weighted by Gasteiger charge is -2.17. The number of ketones is 1. The zero-order chi connectivity index (χ0) is 20.5. The van der Waals surface area contributed by atoms with Crippen molar-refractivity contribution in [3.8, 4) is 11.5 Å². The number of benzene rings is 2. The van der Waals surface area contributed by atoms with Gasteiger partial charge in [0.05, 0.1) is 11.6 Å². The van der Waals surface area contributed by atoms with Gasteiger partial charge in [0.1, 0.15) is 0 Å². The van der Waals surface area contributed by atoms with Gasteiger partial charge >= 0.3 is 0 Å². The fraction of sp³-hybridized carbons (Fsp3) is 0.318. The molecule has 4 rings (SSSR count). The van der Waals surface area contributed by atoms with E-state index in [9.17, 15) is 14.4 Å². The van der Waals surface area contributed by atoms with Gasteiger partial charge in [-0.25, -0.2) is 0 Å². The zero-order valence-corrected chi connectivity index (χ0v) is 16.4. The number of carbonyl (C=O) groups excluding carboxylic acids is 3. The molecule has 2 aromatic rings. The fourth-order valence-electron chi connectivity index (χ4n) is 3.62. The van der Waals surface area contributed by atoms with Crippen molar-refractivity contribution in [1.29, 1.82) is 0 Å². The van der Waals surface area contributed by atoms with Gasteiger partial charge < -0.3 is 19.7 Å². The van der Waals surface area contributed by atoms with Crippen molar-refractivity contribution in [2.24, 2.45) is 5.92 Å². The van der Waals surface area contributed by atoms with Crippen LogP contribution in [0.15, 0.2) is 36.4 Å². The highest BCUT2D eigenvalue weighted by Crippen LogP contribution is 2.37. The first-order valence-electron chi connectivity index (χ1n) is 9.61. The van der Waals surface area contributed by atoms with Crippen LogP contribution in [0, 0.1) is 5.92 Å². The minimum atomic E-state index is -0.501. The lowest BCUT2D eigenvalue weighted by atomic mass is 10.1. The molecule has 29 heavy (non-hydrogen) atoms. The molecule has 1 N–H and O–H groups in total. The number of hydrogen-bond donors (Lipinski definition) is 1. The first-order chi connectivity index (χ1) is 14.0. The van der Waals surface area contributed by atoms with Crippen LogP contribution in [-0.4, -0.2) is 30.9 Å². The number of ether oxygens (including phenoxy) is 2. The minimum Gasteiger partial charge on any atom is -0.454 e. The van der Waals surface area contributed by atoms with Crippen LogP contribution in [0.4, 0.5) is 11.4 Å². The largest absolute Gasteiger partial charge is 0.454 e. The van der Waals surface area contributed by atoms with Gasteiger partial charge in [0.25, 0.3) is 0 Å². The summed E-state index contributed by atoms with van der Waals surface area (Å²) in [6.45, 7) is 3.87. The molecule has 1 atom stereocenters. The lowest BCUT2D eigenvalue weighted by Crippen LogP contribution is -2.28. The van der Waals surface area contributed by atoms with Gasteiger partial charge in [0.2, 0.25) is 18.6 Å². The molecule has 0 unspecified atom stereocenters. The van der Waals surface area contributed by atoms with Crippen LogP contribution in [0.1, 0.15) is 36.2 Å². The highest BCUT2D eigenvalue weighted by molar-refractivity contribution is 6.07. The summed E-state index contributed by atoms with van der Waals surface area (Å²) >= 11 is 0. The summed E-state index contributed by atoms with van der Waals surface area (Å²) in [7, 11) is 0. The molecule has 2 amide bonds. The average Bonchev–Trinajstić information content (AvgIpc) is 3.33. The normalized spacial score (nSPS) is 17.5. The molecule has 0 aliphatic carbocycles. The van der Waals surface area contributed by atoms with E-state index < -0.39 is 5.92 Å². The summed E-state index contributed by atoms with van der Waals surface area (Å²) in [6.07, 6.45) is 1.05. The molecule has 0 bridgehead atoms. The van der Waals surface area contributed by atoms with E-state index in [-0.39, 0.29) is 30.8 Å². The Bertz CT molecular complexity index is 983. The van der Waals surface area contributed by atoms with E-state index in [1.165, 1.54) is 12.5 Å². The van der Waals surface area contributed by atoms with Crippen molar-refractivity contribution in [1.82, 2.24) is 0 Å². The van der Waals surface area contributed by atoms with Crippen molar-refractivity contribution < 1.29 is 23.9 Å². The standard InChI is InChI=1S/C22H22N2O5/c1-3-14-4-6-16(7-5-14)24-11-15(8-21(24)26)22(27)23-18-10-20-19(28-12-29-20)9-17(18)13(2)25/h4-7,9-10,15H,3,8,11-12H2,1-2H3,(H,23,27)/t15-/m0/s1. The SMILES string of the molecule is CCc1ccc(N2C[C@@H](C(=O)Nc3cc4c(cc3C(C)=O)OCO4)CC2=O)cc1. The number of anilines is 2. The Morgan fingerprint density at radius 2 is 1.83 bits per heavy atom. The monoisotopic (exact) mass is 394 g/mol. The second kappa shape index (κ2) is 7.58. The second-order valence-electron chi connectivity index (χ2n) is 7.22. The Labute approximate surface area is 168 Å². The predicted octanol–water partition coefficient (Wildman–Crippen LogP) is 3.17. The van der Waals surface area contributed by atoms with Gasteiger partial charge in [-0.2, -0.15) is 0 Å². The maximum Gasteiger partial charge on any atom is 0.231 e. The van der Waals surface area contributed by atoms with Gasteiger partial charge in [0, 0.05) is 30.3 Å². The molecule has 2 aromatic carbocycles. The number of fused-ring (bicyclic) bond motifs is 1. The van der Waals surface area contributed by atoms with Crippen LogP contribution in [0.3, 0.4) is 0 Å². The highest BCUT2D eigenvalue weighted by Gasteiger charge is 2.35. The first-order valence-corrected chi connectivity index (χ1v) is 9.61. The molecule has 2 aliphatic heterocycles. The topological polar surface area (TPSA) is 84.9 Å². The van der Waals surface area contributed by atoms with E-state index in [1.807, 2.05) is 24.3 Å². The third-order valence-corrected chi connectivity index (χ3v) is 5.30. The van der Waals surface area contributed by atoms with Gasteiger partial charge in [-0.3, -0.25) is 14.4 Å². The number of carbonyl (C=O) groups is 3. The van der Waals surface area contributed by atoms with Crippen molar-refractivity contribution >= 4 is 29.0 Å². The van der Waals surface area contributed by atoms with Crippen LogP contribution in [-0.2, 0) is 16.0 Å². The summed E-state index contributed by atoms with van der Waals surface area (Å²) in [6, 6.07) is 10.9. The van der Waals surface area contributed by atoms with E-state index >= 15 is 0 Å². The van der Waals surface area contributed by atoms with Crippen molar-refractivity contribution in [2.75, 3.05) is 23.6 Å². The Kier molecular flexibility index (Phi) is 4.96. The molecule has 2 aliphatic rings. The lowest BCUT2D eigenvalue weighted by molar-refractivity contribution is -0.122. The number of aryl methyl sites for hydroxylation is 1. The molecular weight excluding hydrogens is 372 g/mol. The summed E-state index contributed by atoms with van der Waals surface area (Å²) in [4.78, 5) is 39.0. The van der Waals surface area contributed by atoms with Crippen LogP contribution in [0.2, 0.25) is 0 Å². The van der Waals surface area contributed by atoms with Crippen molar-refractivity contribution in [2.45, 2.75) is 26.7 Å². The van der Waals surface area contributed by atoms with Gasteiger partial charge in [-0.1, -0.05) is 19.1 Å². The third kappa shape index (κ3) is 3.68. The van der Waals surface area contributed by atoms with E-state index in [1.54, 1.807) is 17.0 Å². The average molecular weight is 394 g/mol. The molecule has 2 heterocycles. The summed E-state index contributed by atoms with van der Waals surface area (Å²) in [5, 5.41) is 2.80. The summed E-state index contributed by atoms with van der Waals surface area (Å²) in [5.41, 5.74) is 2.69. The second-order valence-corrected chi connectivity index (χ2v) is 7.22. The highest BCUT2D eigenvalue weighted by atomic mass is 16.7. The van der Waals surface area contributed by atoms with Gasteiger partial charge in [-0.05, 0) is 37.1 Å². The molecule has 0 saturated carbocycles. The van der Waals surface area contributed by atoms with Gasteiger partial charge in [0.15, 0.2) is 17.3 Å². The molecule has 7 heteroatoms. The molecule has 7 nitrogen and oxygen atoms in total.